The monoisotopic (exact) mass is 1010 g/mol. The van der Waals surface area contributed by atoms with Crippen molar-refractivity contribution in [1.82, 2.24) is 25.1 Å². The number of carbonyl (C=O) groups excluding carboxylic acids is 4. The van der Waals surface area contributed by atoms with E-state index in [4.69, 9.17) is 9.26 Å². The fourth-order valence-corrected chi connectivity index (χ4v) is 13.2. The third-order valence-corrected chi connectivity index (χ3v) is 17.3. The minimum Gasteiger partial charge on any atom is -0.464 e. The highest BCUT2D eigenvalue weighted by Crippen LogP contribution is 2.58. The molecule has 1 aromatic heterocycles. The molecule has 8 atom stereocenters. The van der Waals surface area contributed by atoms with E-state index in [9.17, 15) is 36.9 Å². The Bertz CT molecular complexity index is 2550. The zero-order chi connectivity index (χ0) is 50.0. The highest BCUT2D eigenvalue weighted by molar-refractivity contribution is 7.57. The van der Waals surface area contributed by atoms with Crippen molar-refractivity contribution in [2.45, 2.75) is 132 Å². The van der Waals surface area contributed by atoms with Gasteiger partial charge in [-0.3, -0.25) is 28.5 Å². The second-order valence-corrected chi connectivity index (χ2v) is 22.9. The number of rotatable bonds is 18. The van der Waals surface area contributed by atoms with Gasteiger partial charge >= 0.3 is 19.9 Å². The van der Waals surface area contributed by atoms with E-state index in [1.165, 1.54) is 36.8 Å². The third-order valence-electron chi connectivity index (χ3n) is 14.1. The number of para-hydroxylation sites is 1. The summed E-state index contributed by atoms with van der Waals surface area (Å²) in [7, 11) is -2.70. The summed E-state index contributed by atoms with van der Waals surface area (Å²) in [6.45, 7) is 5.62. The van der Waals surface area contributed by atoms with Crippen molar-refractivity contribution in [3.63, 3.8) is 0 Å². The molecule has 0 bridgehead atoms. The third kappa shape index (κ3) is 11.9. The molecule has 1 aliphatic carbocycles. The number of nitrogens with zero attached hydrogens (tertiary/aromatic N) is 3. The first-order valence-corrected chi connectivity index (χ1v) is 26.7. The lowest BCUT2D eigenvalue weighted by Gasteiger charge is -2.41. The van der Waals surface area contributed by atoms with E-state index in [2.05, 4.69) is 27.3 Å². The first-order chi connectivity index (χ1) is 33.3. The van der Waals surface area contributed by atoms with Crippen molar-refractivity contribution >= 4 is 52.6 Å². The highest BCUT2D eigenvalue weighted by Gasteiger charge is 2.58. The van der Waals surface area contributed by atoms with Gasteiger partial charge in [-0.25, -0.2) is 9.48 Å². The van der Waals surface area contributed by atoms with Gasteiger partial charge in [0, 0.05) is 41.3 Å². The number of hydrogen-bond acceptors (Lipinski definition) is 10. The lowest BCUT2D eigenvalue weighted by atomic mass is 9.93. The van der Waals surface area contributed by atoms with Crippen molar-refractivity contribution in [3.8, 4) is 5.75 Å². The predicted octanol–water partition coefficient (Wildman–Crippen LogP) is 9.74. The van der Waals surface area contributed by atoms with E-state index in [0.29, 0.717) is 48.9 Å². The molecule has 0 radical (unpaired) electrons. The van der Waals surface area contributed by atoms with Gasteiger partial charge in [-0.15, -0.1) is 24.5 Å². The Morgan fingerprint density at radius 1 is 0.957 bits per heavy atom. The molecule has 4 heterocycles. The average molecular weight is 1010 g/mol. The van der Waals surface area contributed by atoms with Crippen molar-refractivity contribution in [2.75, 3.05) is 33.4 Å². The molecule has 1 saturated carbocycles. The minimum absolute atomic E-state index is 0.0288. The largest absolute Gasteiger partial charge is 0.522 e. The molecule has 3 aromatic carbocycles. The maximum absolute atomic E-state index is 16.8. The number of nitrogens with one attached hydrogen (secondary N) is 2. The summed E-state index contributed by atoms with van der Waals surface area (Å²) in [5.74, 6) is -3.65. The van der Waals surface area contributed by atoms with Crippen LogP contribution in [0.4, 0.5) is 17.6 Å². The van der Waals surface area contributed by atoms with E-state index in [-0.39, 0.29) is 76.9 Å². The van der Waals surface area contributed by atoms with Crippen molar-refractivity contribution in [1.29, 1.82) is 0 Å². The maximum Gasteiger partial charge on any atom is 0.522 e. The van der Waals surface area contributed by atoms with Crippen LogP contribution in [-0.4, -0.2) is 114 Å². The number of carbonyl (C=O) groups is 4. The smallest absolute Gasteiger partial charge is 0.464 e. The van der Waals surface area contributed by atoms with Crippen molar-refractivity contribution in [2.24, 2.45) is 5.92 Å². The second-order valence-electron chi connectivity index (χ2n) is 19.7. The molecule has 4 aliphatic rings. The summed E-state index contributed by atoms with van der Waals surface area (Å²) in [6.07, 6.45) is 0.199. The number of amides is 3. The van der Waals surface area contributed by atoms with Crippen LogP contribution in [0.1, 0.15) is 111 Å². The predicted molar refractivity (Wildman–Crippen MR) is 258 cm³/mol. The Balaban J connectivity index is 1.02. The second kappa shape index (κ2) is 21.5. The Labute approximate surface area is 410 Å². The normalized spacial score (nSPS) is 24.0. The van der Waals surface area contributed by atoms with Gasteiger partial charge in [0.25, 0.3) is 5.91 Å². The van der Waals surface area contributed by atoms with Crippen LogP contribution in [0.15, 0.2) is 84.9 Å². The van der Waals surface area contributed by atoms with Gasteiger partial charge in [0.15, 0.2) is 0 Å². The lowest BCUT2D eigenvalue weighted by molar-refractivity contribution is -0.324. The number of thiophene rings is 1. The van der Waals surface area contributed by atoms with E-state index in [1.807, 2.05) is 48.9 Å². The number of likely N-dealkylation sites (tertiary alicyclic amines) is 1. The average Bonchev–Trinajstić information content (AvgIpc) is 3.60. The first-order valence-electron chi connectivity index (χ1n) is 24.2. The van der Waals surface area contributed by atoms with E-state index < -0.39 is 56.4 Å². The van der Waals surface area contributed by atoms with Gasteiger partial charge in [0.2, 0.25) is 17.7 Å². The Hall–Kier alpha value is -4.87. The number of alkyl halides is 4. The van der Waals surface area contributed by atoms with Crippen LogP contribution < -0.4 is 14.9 Å². The molecule has 2 N–H and O–H groups in total. The molecular weight excluding hydrogens is 950 g/mol. The summed E-state index contributed by atoms with van der Waals surface area (Å²) in [6, 6.07) is 20.8. The number of fused-ring (bicyclic) bond motifs is 2. The van der Waals surface area contributed by atoms with Gasteiger partial charge in [0.05, 0.1) is 18.1 Å². The van der Waals surface area contributed by atoms with Crippen LogP contribution in [-0.2, 0) is 28.4 Å². The molecule has 378 valence electrons. The van der Waals surface area contributed by atoms with Gasteiger partial charge in [-0.1, -0.05) is 68.4 Å². The maximum atomic E-state index is 16.8. The summed E-state index contributed by atoms with van der Waals surface area (Å²) in [5.41, 5.74) is 0.896. The van der Waals surface area contributed by atoms with Crippen LogP contribution in [0.5, 0.6) is 5.75 Å². The molecule has 3 amide bonds. The van der Waals surface area contributed by atoms with Crippen molar-refractivity contribution < 1.29 is 55.3 Å². The fraction of sp³-hybridized carbons (Fsp3) is 0.529. The molecule has 13 nitrogen and oxygen atoms in total. The summed E-state index contributed by atoms with van der Waals surface area (Å²) in [5, 5.41) is 6.03. The molecule has 70 heavy (non-hydrogen) atoms. The van der Waals surface area contributed by atoms with E-state index in [1.54, 1.807) is 35.2 Å². The van der Waals surface area contributed by atoms with Crippen LogP contribution in [0.25, 0.3) is 10.1 Å². The summed E-state index contributed by atoms with van der Waals surface area (Å²) >= 11 is 1.12. The molecule has 1 unspecified atom stereocenters. The van der Waals surface area contributed by atoms with Gasteiger partial charge < -0.3 is 29.3 Å². The quantitative estimate of drug-likeness (QED) is 0.0428. The fourth-order valence-electron chi connectivity index (χ4n) is 10.3. The lowest BCUT2D eigenvalue weighted by Crippen LogP contribution is -2.59. The van der Waals surface area contributed by atoms with Crippen LogP contribution in [0.3, 0.4) is 0 Å². The molecule has 4 fully saturated rings. The van der Waals surface area contributed by atoms with Gasteiger partial charge in [-0.05, 0) is 125 Å². The molecule has 3 saturated heterocycles. The Morgan fingerprint density at radius 3 is 2.36 bits per heavy atom. The summed E-state index contributed by atoms with van der Waals surface area (Å²) in [4.78, 5) is 62.7. The zero-order valence-corrected chi connectivity index (χ0v) is 41.6. The zero-order valence-electron chi connectivity index (χ0n) is 39.9. The highest BCUT2D eigenvalue weighted by atomic mass is 32.1. The number of halogens is 4. The molecule has 8 rings (SSSR count). The topological polar surface area (TPSA) is 147 Å². The van der Waals surface area contributed by atoms with Crippen molar-refractivity contribution in [3.05, 3.63) is 101 Å². The number of esters is 1. The Kier molecular flexibility index (Phi) is 15.8. The molecule has 1 spiro atoms. The SMILES string of the molecule is CC(C)COC(=O)[C@H](C)NP(=O)(Oc1ccccc1)[C@@H](F)c1ccc2sc(C(=O)N[C@H]3CC[C@H](N(C)CCCOC(F)(F)F)C[C@H]4CC[C@@H](C(=O)N5C[C@H](c6ccccc6)CC56CC6)N4C3=O)cc2c1. The van der Waals surface area contributed by atoms with E-state index >= 15 is 4.39 Å². The van der Waals surface area contributed by atoms with Gasteiger partial charge in [0.1, 0.15) is 23.9 Å². The first kappa shape index (κ1) is 51.5. The minimum atomic E-state index is -4.73. The number of hydrogen-bond donors (Lipinski definition) is 2. The van der Waals surface area contributed by atoms with Crippen LogP contribution in [0.2, 0.25) is 0 Å². The molecular formula is C51H62F4N5O8PS. The standard InChI is InChI=1S/C51H62F4N5O8PS/c1-32(2)31-66-49(64)33(3)57-69(65,68-40-14-9-6-10-15-40)45(52)35-16-21-43-36(26-35)27-44(70-43)46(61)56-41-19-17-38(58(4)24-11-25-67-51(53,54)55)28-39-18-20-42(60(39)47(41)62)48(63)59-30-37(29-50(59)22-23-50)34-12-7-5-8-13-34/h5-10,12-16,21,26-27,32-33,37-39,41-42,45H,11,17-20,22-25,28-31H2,1-4H3,(H,56,61)(H,57,65)/t33-,37+,38-,39+,41-,42-,45+,69?/m0/s1. The molecule has 4 aromatic rings. The van der Waals surface area contributed by atoms with E-state index in [0.717, 1.165) is 30.6 Å². The number of benzene rings is 3. The molecule has 19 heteroatoms. The van der Waals surface area contributed by atoms with Crippen LogP contribution in [0, 0.1) is 5.92 Å². The number of ether oxygens (including phenoxy) is 2. The van der Waals surface area contributed by atoms with Gasteiger partial charge in [-0.2, -0.15) is 0 Å². The Morgan fingerprint density at radius 2 is 1.67 bits per heavy atom. The van der Waals surface area contributed by atoms with Crippen LogP contribution >= 0.6 is 18.9 Å². The summed E-state index contributed by atoms with van der Waals surface area (Å²) < 4.78 is 85.4. The molecule has 3 aliphatic heterocycles.